The summed E-state index contributed by atoms with van der Waals surface area (Å²) >= 11 is 0. The molecule has 53 heavy (non-hydrogen) atoms. The molecule has 0 aromatic heterocycles. The van der Waals surface area contributed by atoms with E-state index in [4.69, 9.17) is 43.4 Å². The predicted octanol–water partition coefficient (Wildman–Crippen LogP) is 5.92. The number of aliphatic hydroxyl groups is 1. The highest BCUT2D eigenvalue weighted by molar-refractivity contribution is 5.76. The second-order valence-electron chi connectivity index (χ2n) is 13.6. The normalized spacial score (nSPS) is 13.3. The van der Waals surface area contributed by atoms with Gasteiger partial charge in [0.1, 0.15) is 28.8 Å². The van der Waals surface area contributed by atoms with Crippen molar-refractivity contribution >= 4 is 23.9 Å². The fourth-order valence-electron chi connectivity index (χ4n) is 4.08. The van der Waals surface area contributed by atoms with Crippen LogP contribution in [-0.4, -0.2) is 96.1 Å². The number of carbonyl (C=O) groups excluding carboxylic acids is 4. The highest BCUT2D eigenvalue weighted by Crippen LogP contribution is 2.18. The number of aromatic hydroxyl groups is 1. The first kappa shape index (κ1) is 48.8. The molecule has 2 aromatic carbocycles. The first-order valence-corrected chi connectivity index (χ1v) is 17.9. The van der Waals surface area contributed by atoms with E-state index in [1.54, 1.807) is 77.9 Å². The molecule has 0 aliphatic heterocycles. The van der Waals surface area contributed by atoms with Gasteiger partial charge in [-0.3, -0.25) is 0 Å². The van der Waals surface area contributed by atoms with Crippen molar-refractivity contribution in [2.24, 2.45) is 0 Å². The first-order chi connectivity index (χ1) is 24.7. The minimum Gasteiger partial charge on any atom is -0.508 e. The van der Waals surface area contributed by atoms with Crippen LogP contribution >= 0.6 is 0 Å². The Labute approximate surface area is 315 Å². The molecule has 13 heteroatoms. The molecule has 2 rings (SSSR count). The summed E-state index contributed by atoms with van der Waals surface area (Å²) in [4.78, 5) is 46.2. The minimum atomic E-state index is -1.03. The van der Waals surface area contributed by atoms with Gasteiger partial charge < -0.3 is 43.4 Å². The molecule has 0 aliphatic carbocycles. The van der Waals surface area contributed by atoms with E-state index in [1.807, 2.05) is 46.8 Å². The average Bonchev–Trinajstić information content (AvgIpc) is 3.05. The largest absolute Gasteiger partial charge is 0.508 e. The third-order valence-corrected chi connectivity index (χ3v) is 6.34. The Morgan fingerprint density at radius 2 is 0.962 bits per heavy atom. The zero-order chi connectivity index (χ0) is 40.8. The van der Waals surface area contributed by atoms with Crippen LogP contribution in [0.1, 0.15) is 94.2 Å². The van der Waals surface area contributed by atoms with Gasteiger partial charge in [-0.05, 0) is 118 Å². The number of carbonyl (C=O) groups is 4. The highest BCUT2D eigenvalue weighted by atomic mass is 16.6. The van der Waals surface area contributed by atoms with E-state index in [2.05, 4.69) is 0 Å². The lowest BCUT2D eigenvalue weighted by Crippen LogP contribution is -2.33. The van der Waals surface area contributed by atoms with Crippen molar-refractivity contribution in [1.29, 1.82) is 0 Å². The molecule has 0 radical (unpaired) electrons. The highest BCUT2D eigenvalue weighted by Gasteiger charge is 2.24. The third-order valence-electron chi connectivity index (χ3n) is 6.34. The van der Waals surface area contributed by atoms with E-state index in [0.717, 1.165) is 11.1 Å². The first-order valence-electron chi connectivity index (χ1n) is 17.9. The van der Waals surface area contributed by atoms with Gasteiger partial charge in [0.15, 0.2) is 18.3 Å². The van der Waals surface area contributed by atoms with E-state index in [-0.39, 0.29) is 17.7 Å². The Bertz CT molecular complexity index is 1340. The zero-order valence-corrected chi connectivity index (χ0v) is 33.6. The molecule has 0 aliphatic rings. The molecule has 0 fully saturated rings. The van der Waals surface area contributed by atoms with E-state index in [1.165, 1.54) is 6.92 Å². The van der Waals surface area contributed by atoms with Gasteiger partial charge in [-0.2, -0.15) is 0 Å². The number of benzene rings is 2. The van der Waals surface area contributed by atoms with Crippen molar-refractivity contribution in [3.05, 3.63) is 59.7 Å². The number of aliphatic hydroxyl groups excluding tert-OH is 1. The Morgan fingerprint density at radius 3 is 1.28 bits per heavy atom. The summed E-state index contributed by atoms with van der Waals surface area (Å²) < 4.78 is 36.5. The SMILES string of the molecule is CCOC(=O)[C@H](Cc1ccc(O)cc1)OCC.CCOC(=O)[C@H](Cc1ccc(O[C@@H](C)C(=O)OC(C)(C)C)cc1)OCC.C[C@@H](O)C(=O)OC(C)(C)C. The van der Waals surface area contributed by atoms with Crippen LogP contribution in [0, 0.1) is 0 Å². The third kappa shape index (κ3) is 23.2. The van der Waals surface area contributed by atoms with Gasteiger partial charge >= 0.3 is 23.9 Å². The van der Waals surface area contributed by atoms with E-state index >= 15 is 0 Å². The molecule has 0 bridgehead atoms. The molecule has 0 saturated heterocycles. The summed E-state index contributed by atoms with van der Waals surface area (Å²) in [6, 6.07) is 13.9. The van der Waals surface area contributed by atoms with Gasteiger partial charge in [0.25, 0.3) is 0 Å². The van der Waals surface area contributed by atoms with Crippen LogP contribution in [0.3, 0.4) is 0 Å². The number of ether oxygens (including phenoxy) is 7. The fourth-order valence-corrected chi connectivity index (χ4v) is 4.08. The average molecular weight is 751 g/mol. The van der Waals surface area contributed by atoms with Gasteiger partial charge in [0.2, 0.25) is 0 Å². The molecule has 2 N–H and O–H groups in total. The molecular weight excluding hydrogens is 688 g/mol. The summed E-state index contributed by atoms with van der Waals surface area (Å²) in [5.74, 6) is -0.947. The summed E-state index contributed by atoms with van der Waals surface area (Å²) in [5, 5.41) is 17.9. The Hall–Kier alpha value is -4.20. The molecule has 0 saturated carbocycles. The molecular formula is C40H62O13. The van der Waals surface area contributed by atoms with Crippen LogP contribution in [0.15, 0.2) is 48.5 Å². The zero-order valence-electron chi connectivity index (χ0n) is 33.6. The maximum absolute atomic E-state index is 12.0. The molecule has 4 atom stereocenters. The molecule has 300 valence electrons. The Morgan fingerprint density at radius 1 is 0.585 bits per heavy atom. The number of hydrogen-bond acceptors (Lipinski definition) is 13. The molecule has 0 unspecified atom stereocenters. The van der Waals surface area contributed by atoms with Gasteiger partial charge in [-0.15, -0.1) is 0 Å². The van der Waals surface area contributed by atoms with Crippen molar-refractivity contribution in [1.82, 2.24) is 0 Å². The second-order valence-corrected chi connectivity index (χ2v) is 13.6. The smallest absolute Gasteiger partial charge is 0.347 e. The van der Waals surface area contributed by atoms with Crippen molar-refractivity contribution in [3.8, 4) is 11.5 Å². The van der Waals surface area contributed by atoms with Gasteiger partial charge in [0, 0.05) is 26.1 Å². The van der Waals surface area contributed by atoms with Gasteiger partial charge in [0.05, 0.1) is 13.2 Å². The Kier molecular flexibility index (Phi) is 23.0. The lowest BCUT2D eigenvalue weighted by Gasteiger charge is -2.22. The maximum atomic E-state index is 12.0. The summed E-state index contributed by atoms with van der Waals surface area (Å²) in [5.41, 5.74) is 0.775. The lowest BCUT2D eigenvalue weighted by molar-refractivity contribution is -0.164. The predicted molar refractivity (Wildman–Crippen MR) is 200 cm³/mol. The van der Waals surface area contributed by atoms with Crippen LogP contribution in [0.5, 0.6) is 11.5 Å². The van der Waals surface area contributed by atoms with E-state index in [0.29, 0.717) is 45.0 Å². The molecule has 13 nitrogen and oxygen atoms in total. The van der Waals surface area contributed by atoms with Crippen LogP contribution < -0.4 is 4.74 Å². The van der Waals surface area contributed by atoms with Gasteiger partial charge in [-0.25, -0.2) is 19.2 Å². The van der Waals surface area contributed by atoms with Crippen molar-refractivity contribution in [3.63, 3.8) is 0 Å². The molecule has 2 aromatic rings. The number of esters is 4. The van der Waals surface area contributed by atoms with Crippen molar-refractivity contribution in [2.75, 3.05) is 26.4 Å². The van der Waals surface area contributed by atoms with Gasteiger partial charge in [-0.1, -0.05) is 24.3 Å². The number of phenolic OH excluding ortho intramolecular Hbond substituents is 1. The van der Waals surface area contributed by atoms with Crippen molar-refractivity contribution in [2.45, 2.75) is 132 Å². The quantitative estimate of drug-likeness (QED) is 0.153. The van der Waals surface area contributed by atoms with Crippen LogP contribution in [0.25, 0.3) is 0 Å². The summed E-state index contributed by atoms with van der Waals surface area (Å²) in [7, 11) is 0. The topological polar surface area (TPSA) is 173 Å². The van der Waals surface area contributed by atoms with Crippen LogP contribution in [-0.2, 0) is 60.4 Å². The standard InChI is InChI=1S/C20H30O6.C13H18O4.C7H14O3/c1-7-23-17(19(22)24-8-2)13-15-9-11-16(12-10-15)25-14(3)18(21)26-20(4,5)6;1-3-16-12(13(15)17-4-2)9-10-5-7-11(14)8-6-10;1-5(8)6(9)10-7(2,3)4/h9-12,14,17H,7-8,13H2,1-6H3;5-8,12,14H,3-4,9H2,1-2H3;5,8H,1-4H3/t14-,17-;12-;5-/m001/s1. The van der Waals surface area contributed by atoms with Crippen LogP contribution in [0.2, 0.25) is 0 Å². The number of hydrogen-bond donors (Lipinski definition) is 2. The summed E-state index contributed by atoms with van der Waals surface area (Å²) in [6.07, 6.45) is -2.09. The maximum Gasteiger partial charge on any atom is 0.347 e. The van der Waals surface area contributed by atoms with E-state index < -0.39 is 47.6 Å². The monoisotopic (exact) mass is 750 g/mol. The molecule has 0 spiro atoms. The fraction of sp³-hybridized carbons (Fsp3) is 0.600. The minimum absolute atomic E-state index is 0.206. The molecule has 0 amide bonds. The lowest BCUT2D eigenvalue weighted by atomic mass is 10.1. The van der Waals surface area contributed by atoms with Crippen molar-refractivity contribution < 1.29 is 62.5 Å². The van der Waals surface area contributed by atoms with E-state index in [9.17, 15) is 19.2 Å². The second kappa shape index (κ2) is 24.9. The number of rotatable bonds is 16. The molecule has 0 heterocycles. The van der Waals surface area contributed by atoms with Crippen LogP contribution in [0.4, 0.5) is 0 Å². The Balaban J connectivity index is 0.000000855. The number of phenols is 1. The summed E-state index contributed by atoms with van der Waals surface area (Å²) in [6.45, 7) is 22.5.